The van der Waals surface area contributed by atoms with Gasteiger partial charge in [0, 0.05) is 16.6 Å². The van der Waals surface area contributed by atoms with Gasteiger partial charge in [0.25, 0.3) is 5.91 Å². The summed E-state index contributed by atoms with van der Waals surface area (Å²) < 4.78 is 46.5. The summed E-state index contributed by atoms with van der Waals surface area (Å²) in [6, 6.07) is 8.14. The molecule has 0 saturated heterocycles. The van der Waals surface area contributed by atoms with Gasteiger partial charge in [-0.1, -0.05) is 39.0 Å². The molecule has 3 aromatic rings. The summed E-state index contributed by atoms with van der Waals surface area (Å²) in [5.41, 5.74) is 5.60. The number of nitrogens with two attached hydrogens (primary N) is 1. The number of anilines is 2. The summed E-state index contributed by atoms with van der Waals surface area (Å²) in [7, 11) is 0. The Bertz CT molecular complexity index is 1150. The van der Waals surface area contributed by atoms with E-state index in [4.69, 9.17) is 10.5 Å². The molecular formula is C25H28F3N3O3S. The van der Waals surface area contributed by atoms with Gasteiger partial charge in [0.05, 0.1) is 23.4 Å². The minimum absolute atomic E-state index is 0.0450. The maximum Gasteiger partial charge on any atom is 0.420 e. The molecule has 1 heterocycles. The van der Waals surface area contributed by atoms with E-state index in [0.29, 0.717) is 22.8 Å². The minimum Gasteiger partial charge on any atom is -0.507 e. The number of nitrogens with one attached hydrogen (secondary N) is 1. The predicted octanol–water partition coefficient (Wildman–Crippen LogP) is 7.12. The Morgan fingerprint density at radius 1 is 1.11 bits per heavy atom. The van der Waals surface area contributed by atoms with Crippen LogP contribution in [-0.4, -0.2) is 22.6 Å². The number of rotatable bonds is 12. The molecule has 3 rings (SSSR count). The van der Waals surface area contributed by atoms with E-state index >= 15 is 0 Å². The number of phenols is 1. The largest absolute Gasteiger partial charge is 0.507 e. The number of thiazole rings is 1. The average molecular weight is 508 g/mol. The Labute approximate surface area is 206 Å². The van der Waals surface area contributed by atoms with Crippen molar-refractivity contribution in [3.05, 3.63) is 52.9 Å². The fraction of sp³-hybridized carbons (Fsp3) is 0.360. The zero-order valence-electron chi connectivity index (χ0n) is 19.3. The van der Waals surface area contributed by atoms with Crippen LogP contribution in [0.2, 0.25) is 0 Å². The first-order chi connectivity index (χ1) is 16.7. The van der Waals surface area contributed by atoms with Crippen molar-refractivity contribution in [2.45, 2.75) is 51.6 Å². The molecule has 188 valence electrons. The third kappa shape index (κ3) is 7.35. The van der Waals surface area contributed by atoms with Gasteiger partial charge in [-0.3, -0.25) is 4.79 Å². The van der Waals surface area contributed by atoms with Gasteiger partial charge in [-0.2, -0.15) is 13.2 Å². The number of aromatic hydroxyl groups is 1. The number of carbonyl (C=O) groups is 1. The van der Waals surface area contributed by atoms with Crippen LogP contribution in [0.4, 0.5) is 24.0 Å². The molecule has 0 fully saturated rings. The molecule has 4 N–H and O–H groups in total. The van der Waals surface area contributed by atoms with E-state index in [-0.39, 0.29) is 29.4 Å². The first-order valence-corrected chi connectivity index (χ1v) is 12.3. The lowest BCUT2D eigenvalue weighted by Crippen LogP contribution is -2.11. The minimum atomic E-state index is -4.57. The van der Waals surface area contributed by atoms with Crippen LogP contribution in [0, 0.1) is 0 Å². The quantitative estimate of drug-likeness (QED) is 0.227. The number of alkyl halides is 3. The molecule has 0 spiro atoms. The van der Waals surface area contributed by atoms with Crippen molar-refractivity contribution < 1.29 is 27.8 Å². The highest BCUT2D eigenvalue weighted by Crippen LogP contribution is 2.39. The maximum absolute atomic E-state index is 13.7. The second kappa shape index (κ2) is 11.9. The van der Waals surface area contributed by atoms with Crippen molar-refractivity contribution in [3.8, 4) is 22.8 Å². The molecule has 35 heavy (non-hydrogen) atoms. The highest BCUT2D eigenvalue weighted by atomic mass is 32.1. The van der Waals surface area contributed by atoms with Crippen molar-refractivity contribution in [2.24, 2.45) is 5.73 Å². The van der Waals surface area contributed by atoms with Crippen molar-refractivity contribution in [1.82, 2.24) is 4.98 Å². The number of hydrogen-bond acceptors (Lipinski definition) is 6. The summed E-state index contributed by atoms with van der Waals surface area (Å²) in [6.07, 6.45) is 1.54. The molecule has 0 unspecified atom stereocenters. The standard InChI is InChI=1S/C25H28F3N3O3S/c1-2-3-4-5-6-7-12-34-22-11-9-17(14-19(22)25(26,27)28)30-24-31-20(15-35-24)16-8-10-21(32)18(13-16)23(29)33/h8-11,13-15,32H,2-7,12H2,1H3,(H2,29,33)(H,30,31). The Kier molecular flexibility index (Phi) is 8.97. The fourth-order valence-electron chi connectivity index (χ4n) is 3.50. The summed E-state index contributed by atoms with van der Waals surface area (Å²) in [6.45, 7) is 2.36. The first-order valence-electron chi connectivity index (χ1n) is 11.4. The lowest BCUT2D eigenvalue weighted by molar-refractivity contribution is -0.138. The topological polar surface area (TPSA) is 97.5 Å². The van der Waals surface area contributed by atoms with Gasteiger partial charge in [-0.05, 0) is 42.8 Å². The number of halogens is 3. The molecule has 0 atom stereocenters. The number of hydrogen-bond donors (Lipinski definition) is 3. The Morgan fingerprint density at radius 3 is 2.57 bits per heavy atom. The molecule has 10 heteroatoms. The van der Waals surface area contributed by atoms with Crippen molar-refractivity contribution >= 4 is 28.1 Å². The number of amides is 1. The summed E-state index contributed by atoms with van der Waals surface area (Å²) in [4.78, 5) is 15.8. The molecule has 2 aromatic carbocycles. The molecule has 0 aliphatic rings. The zero-order chi connectivity index (χ0) is 25.4. The lowest BCUT2D eigenvalue weighted by atomic mass is 10.1. The third-order valence-corrected chi connectivity index (χ3v) is 6.11. The van der Waals surface area contributed by atoms with Crippen LogP contribution in [0.25, 0.3) is 11.3 Å². The molecule has 0 radical (unpaired) electrons. The predicted molar refractivity (Wildman–Crippen MR) is 131 cm³/mol. The van der Waals surface area contributed by atoms with Gasteiger partial charge >= 0.3 is 6.18 Å². The van der Waals surface area contributed by atoms with Crippen LogP contribution in [0.5, 0.6) is 11.5 Å². The monoisotopic (exact) mass is 507 g/mol. The van der Waals surface area contributed by atoms with E-state index in [2.05, 4.69) is 17.2 Å². The summed E-state index contributed by atoms with van der Waals surface area (Å²) >= 11 is 1.19. The van der Waals surface area contributed by atoms with Crippen molar-refractivity contribution in [2.75, 3.05) is 11.9 Å². The van der Waals surface area contributed by atoms with Crippen LogP contribution in [0.15, 0.2) is 41.8 Å². The number of carbonyl (C=O) groups excluding carboxylic acids is 1. The molecule has 0 aliphatic carbocycles. The van der Waals surface area contributed by atoms with Crippen LogP contribution in [0.3, 0.4) is 0 Å². The van der Waals surface area contributed by atoms with Gasteiger partial charge in [-0.25, -0.2) is 4.98 Å². The van der Waals surface area contributed by atoms with E-state index in [9.17, 15) is 23.1 Å². The molecule has 0 aliphatic heterocycles. The first kappa shape index (κ1) is 26.3. The van der Waals surface area contributed by atoms with Crippen LogP contribution >= 0.6 is 11.3 Å². The van der Waals surface area contributed by atoms with Crippen LogP contribution in [0.1, 0.15) is 61.4 Å². The van der Waals surface area contributed by atoms with E-state index in [0.717, 1.165) is 38.2 Å². The van der Waals surface area contributed by atoms with E-state index in [1.807, 2.05) is 0 Å². The SMILES string of the molecule is CCCCCCCCOc1ccc(Nc2nc(-c3ccc(O)c(C(N)=O)c3)cs2)cc1C(F)(F)F. The Morgan fingerprint density at radius 2 is 1.86 bits per heavy atom. The fourth-order valence-corrected chi connectivity index (χ4v) is 4.24. The second-order valence-electron chi connectivity index (χ2n) is 8.08. The normalized spacial score (nSPS) is 11.4. The Balaban J connectivity index is 1.69. The van der Waals surface area contributed by atoms with Gasteiger partial charge in [0.2, 0.25) is 0 Å². The van der Waals surface area contributed by atoms with Gasteiger partial charge in [0.1, 0.15) is 11.5 Å². The second-order valence-corrected chi connectivity index (χ2v) is 8.94. The van der Waals surface area contributed by atoms with Gasteiger partial charge in [0.15, 0.2) is 5.13 Å². The average Bonchev–Trinajstić information content (AvgIpc) is 3.27. The van der Waals surface area contributed by atoms with E-state index in [1.54, 1.807) is 11.4 Å². The number of primary amides is 1. The van der Waals surface area contributed by atoms with Crippen LogP contribution in [-0.2, 0) is 6.18 Å². The third-order valence-electron chi connectivity index (χ3n) is 5.35. The molecule has 1 amide bonds. The number of nitrogens with zero attached hydrogens (tertiary/aromatic N) is 1. The molecule has 6 nitrogen and oxygen atoms in total. The summed E-state index contributed by atoms with van der Waals surface area (Å²) in [5, 5.41) is 14.7. The highest BCUT2D eigenvalue weighted by molar-refractivity contribution is 7.14. The smallest absolute Gasteiger partial charge is 0.420 e. The number of aromatic nitrogens is 1. The Hall–Kier alpha value is -3.27. The number of benzene rings is 2. The zero-order valence-corrected chi connectivity index (χ0v) is 20.1. The molecule has 0 saturated carbocycles. The molecule has 1 aromatic heterocycles. The van der Waals surface area contributed by atoms with Crippen molar-refractivity contribution in [3.63, 3.8) is 0 Å². The van der Waals surface area contributed by atoms with Crippen molar-refractivity contribution in [1.29, 1.82) is 0 Å². The van der Waals surface area contributed by atoms with Gasteiger partial charge in [-0.15, -0.1) is 11.3 Å². The maximum atomic E-state index is 13.7. The number of ether oxygens (including phenoxy) is 1. The number of unbranched alkanes of at least 4 members (excludes halogenated alkanes) is 5. The highest BCUT2D eigenvalue weighted by Gasteiger charge is 2.34. The lowest BCUT2D eigenvalue weighted by Gasteiger charge is -2.15. The molecule has 0 bridgehead atoms. The molecular weight excluding hydrogens is 479 g/mol. The van der Waals surface area contributed by atoms with Gasteiger partial charge < -0.3 is 20.9 Å². The van der Waals surface area contributed by atoms with E-state index in [1.165, 1.54) is 35.6 Å². The summed E-state index contributed by atoms with van der Waals surface area (Å²) in [5.74, 6) is -1.22. The van der Waals surface area contributed by atoms with Crippen LogP contribution < -0.4 is 15.8 Å². The van der Waals surface area contributed by atoms with E-state index < -0.39 is 17.6 Å².